The van der Waals surface area contributed by atoms with E-state index in [4.69, 9.17) is 4.74 Å². The molecule has 5 nitrogen and oxygen atoms in total. The Morgan fingerprint density at radius 3 is 1.72 bits per heavy atom. The van der Waals surface area contributed by atoms with Crippen LogP contribution in [0.15, 0.2) is 0 Å². The van der Waals surface area contributed by atoms with Gasteiger partial charge in [-0.05, 0) is 13.3 Å². The second-order valence-corrected chi connectivity index (χ2v) is 4.15. The van der Waals surface area contributed by atoms with E-state index in [9.17, 15) is 19.8 Å². The summed E-state index contributed by atoms with van der Waals surface area (Å²) in [6.07, 6.45) is 0.105. The van der Waals surface area contributed by atoms with E-state index in [1.165, 1.54) is 12.2 Å². The molecule has 0 amide bonds. The molecule has 0 heterocycles. The molecule has 0 unspecified atom stereocenters. The first-order valence-electron chi connectivity index (χ1n) is 5.99. The molecule has 104 valence electrons. The molecular weight excluding hydrogens is 251 g/mol. The van der Waals surface area contributed by atoms with E-state index in [1.54, 1.807) is 0 Å². The van der Waals surface area contributed by atoms with Gasteiger partial charge in [-0.15, -0.1) is 0 Å². The van der Waals surface area contributed by atoms with Gasteiger partial charge in [0.1, 0.15) is 0 Å². The van der Waals surface area contributed by atoms with Gasteiger partial charge in [0.25, 0.3) is 0 Å². The van der Waals surface area contributed by atoms with Crippen LogP contribution in [0.3, 0.4) is 0 Å². The number of carboxylic acids is 2. The van der Waals surface area contributed by atoms with E-state index in [0.717, 1.165) is 5.92 Å². The van der Waals surface area contributed by atoms with Crippen LogP contribution in [0.5, 0.6) is 0 Å². The summed E-state index contributed by atoms with van der Waals surface area (Å²) in [5.74, 6) is -1.21. The zero-order valence-corrected chi connectivity index (χ0v) is 12.9. The van der Waals surface area contributed by atoms with Crippen LogP contribution < -0.4 is 10.2 Å². The molecule has 0 aromatic carbocycles. The number of carbonyl (C=O) groups excluding carboxylic acids is 2. The van der Waals surface area contributed by atoms with Crippen LogP contribution in [-0.4, -0.2) is 41.4 Å². The smallest absolute Gasteiger partial charge is 0.0518 e. The maximum absolute atomic E-state index is 9.68. The molecule has 0 bridgehead atoms. The second kappa shape index (κ2) is 18.8. The Bertz CT molecular complexity index is 195. The van der Waals surface area contributed by atoms with Crippen LogP contribution in [-0.2, 0) is 14.3 Å². The molecule has 0 radical (unpaired) electrons. The van der Waals surface area contributed by atoms with Crippen LogP contribution in [0.1, 0.15) is 40.5 Å². The third-order valence-electron chi connectivity index (χ3n) is 1.41. The molecule has 0 aromatic heterocycles. The minimum Gasteiger partial charge on any atom is -0.550 e. The third-order valence-corrected chi connectivity index (χ3v) is 2.36. The van der Waals surface area contributed by atoms with Crippen molar-refractivity contribution in [3.63, 3.8) is 0 Å². The zero-order chi connectivity index (χ0) is 15.0. The summed E-state index contributed by atoms with van der Waals surface area (Å²) in [6, 6.07) is 0. The zero-order valence-electron chi connectivity index (χ0n) is 11.7. The molecular formula is C12H23AlO5. The predicted molar refractivity (Wildman–Crippen MR) is 66.8 cm³/mol. The molecule has 0 N–H and O–H groups in total. The van der Waals surface area contributed by atoms with Crippen molar-refractivity contribution in [2.75, 3.05) is 13.2 Å². The van der Waals surface area contributed by atoms with E-state index in [-0.39, 0.29) is 19.4 Å². The number of carbonyl (C=O) groups is 2. The minimum atomic E-state index is -1.06. The maximum atomic E-state index is 9.68. The standard InChI is InChI=1S/C5H10O3.C4H9.C3H6O2.Al/c1-2-8-4-3-5(6)7;1-4(2)3;1-2-3(4)5;/h2-4H2,1H3,(H,6,7);4H,1H2,2-3H3;2H2,1H3,(H,4,5);/q;;;+2/p-2. The molecule has 0 saturated carbocycles. The summed E-state index contributed by atoms with van der Waals surface area (Å²) in [5.41, 5.74) is 0. The van der Waals surface area contributed by atoms with Gasteiger partial charge in [0.2, 0.25) is 0 Å². The van der Waals surface area contributed by atoms with Crippen molar-refractivity contribution in [3.05, 3.63) is 0 Å². The number of rotatable bonds is 6. The van der Waals surface area contributed by atoms with E-state index in [1.807, 2.05) is 6.92 Å². The molecule has 0 aromatic rings. The van der Waals surface area contributed by atoms with Gasteiger partial charge < -0.3 is 24.5 Å². The largest absolute Gasteiger partial charge is 0.550 e. The molecule has 0 aliphatic heterocycles. The quantitative estimate of drug-likeness (QED) is 0.483. The predicted octanol–water partition coefficient (Wildman–Crippen LogP) is -0.462. The normalized spacial score (nSPS) is 8.83. The van der Waals surface area contributed by atoms with Crippen molar-refractivity contribution < 1.29 is 24.5 Å². The fourth-order valence-corrected chi connectivity index (χ4v) is 0.300. The Labute approximate surface area is 118 Å². The SMILES string of the molecule is CC(C)[CH2][Al+2].CCC(=O)[O-].CCOCCC(=O)[O-]. The Morgan fingerprint density at radius 2 is 1.56 bits per heavy atom. The Hall–Kier alpha value is -0.568. The van der Waals surface area contributed by atoms with Gasteiger partial charge in [0.15, 0.2) is 0 Å². The van der Waals surface area contributed by atoms with Gasteiger partial charge in [0.05, 0.1) is 6.61 Å². The first-order chi connectivity index (χ1) is 8.31. The van der Waals surface area contributed by atoms with E-state index in [0.29, 0.717) is 6.61 Å². The Morgan fingerprint density at radius 1 is 1.17 bits per heavy atom. The van der Waals surface area contributed by atoms with Crippen LogP contribution in [0, 0.1) is 5.92 Å². The van der Waals surface area contributed by atoms with Gasteiger partial charge in [-0.3, -0.25) is 0 Å². The first kappa shape index (κ1) is 22.6. The summed E-state index contributed by atoms with van der Waals surface area (Å²) in [4.78, 5) is 18.9. The minimum absolute atomic E-state index is 0.00611. The molecule has 6 heteroatoms. The van der Waals surface area contributed by atoms with E-state index >= 15 is 0 Å². The van der Waals surface area contributed by atoms with Crippen molar-refractivity contribution in [1.29, 1.82) is 0 Å². The molecule has 0 atom stereocenters. The fourth-order valence-electron chi connectivity index (χ4n) is 0.300. The maximum Gasteiger partial charge on any atom is 0.0518 e. The molecule has 0 saturated heterocycles. The topological polar surface area (TPSA) is 89.5 Å². The fraction of sp³-hybridized carbons (Fsp3) is 0.833. The van der Waals surface area contributed by atoms with Gasteiger partial charge in [-0.1, -0.05) is 6.92 Å². The van der Waals surface area contributed by atoms with Gasteiger partial charge in [-0.25, -0.2) is 0 Å². The molecule has 0 aliphatic rings. The molecule has 0 spiro atoms. The number of ether oxygens (including phenoxy) is 1. The van der Waals surface area contributed by atoms with Gasteiger partial charge in [0, 0.05) is 25.0 Å². The summed E-state index contributed by atoms with van der Waals surface area (Å²) >= 11 is 2.69. The van der Waals surface area contributed by atoms with Crippen LogP contribution in [0.4, 0.5) is 0 Å². The summed E-state index contributed by atoms with van der Waals surface area (Å²) in [5, 5.41) is 20.2. The summed E-state index contributed by atoms with van der Waals surface area (Å²) < 4.78 is 4.72. The van der Waals surface area contributed by atoms with Crippen molar-refractivity contribution in [2.24, 2.45) is 5.92 Å². The van der Waals surface area contributed by atoms with Crippen molar-refractivity contribution in [1.82, 2.24) is 0 Å². The molecule has 0 rings (SSSR count). The number of hydrogen-bond donors (Lipinski definition) is 0. The second-order valence-electron chi connectivity index (χ2n) is 3.67. The average molecular weight is 274 g/mol. The van der Waals surface area contributed by atoms with Crippen LogP contribution in [0.2, 0.25) is 5.28 Å². The van der Waals surface area contributed by atoms with Gasteiger partial charge in [-0.2, -0.15) is 0 Å². The molecule has 0 aliphatic carbocycles. The molecule has 18 heavy (non-hydrogen) atoms. The monoisotopic (exact) mass is 274 g/mol. The third kappa shape index (κ3) is 45.2. The summed E-state index contributed by atoms with van der Waals surface area (Å²) in [7, 11) is 0. The molecule has 0 fully saturated rings. The number of aliphatic carboxylic acids is 2. The first-order valence-corrected chi connectivity index (χ1v) is 6.80. The Balaban J connectivity index is -0.000000197. The van der Waals surface area contributed by atoms with Gasteiger partial charge >= 0.3 is 41.3 Å². The average Bonchev–Trinajstić information content (AvgIpc) is 2.30. The van der Waals surface area contributed by atoms with Crippen molar-refractivity contribution in [3.8, 4) is 0 Å². The Kier molecular flexibility index (Phi) is 23.6. The van der Waals surface area contributed by atoms with Crippen LogP contribution in [0.25, 0.3) is 0 Å². The summed E-state index contributed by atoms with van der Waals surface area (Å²) in [6.45, 7) is 8.58. The van der Waals surface area contributed by atoms with E-state index < -0.39 is 11.9 Å². The van der Waals surface area contributed by atoms with E-state index in [2.05, 4.69) is 30.1 Å². The number of hydrogen-bond acceptors (Lipinski definition) is 5. The van der Waals surface area contributed by atoms with Crippen molar-refractivity contribution >= 4 is 28.2 Å². The number of carboxylic acid groups (broad SMARTS) is 2. The van der Waals surface area contributed by atoms with Crippen molar-refractivity contribution in [2.45, 2.75) is 45.8 Å². The van der Waals surface area contributed by atoms with Crippen LogP contribution >= 0.6 is 0 Å².